The summed E-state index contributed by atoms with van der Waals surface area (Å²) >= 11 is 0. The highest BCUT2D eigenvalue weighted by molar-refractivity contribution is 5.78. The number of nitrogens with one attached hydrogen (secondary N) is 1. The van der Waals surface area contributed by atoms with Crippen LogP contribution in [0.3, 0.4) is 0 Å². The van der Waals surface area contributed by atoms with Crippen molar-refractivity contribution < 1.29 is 4.74 Å². The normalized spacial score (nSPS) is 11.2. The first-order chi connectivity index (χ1) is 12.2. The van der Waals surface area contributed by atoms with Crippen LogP contribution in [0.4, 0.5) is 11.6 Å². The predicted molar refractivity (Wildman–Crippen MR) is 100 cm³/mol. The van der Waals surface area contributed by atoms with E-state index in [1.807, 2.05) is 36.7 Å². The van der Waals surface area contributed by atoms with Crippen LogP contribution in [0, 0.1) is 5.92 Å². The van der Waals surface area contributed by atoms with Crippen LogP contribution in [0.2, 0.25) is 0 Å². The summed E-state index contributed by atoms with van der Waals surface area (Å²) in [6.45, 7) is 7.88. The Labute approximate surface area is 148 Å². The molecule has 1 aromatic carbocycles. The van der Waals surface area contributed by atoms with Crippen LogP contribution in [0.15, 0.2) is 36.7 Å². The minimum atomic E-state index is 0.415. The smallest absolute Gasteiger partial charge is 0.247 e. The van der Waals surface area contributed by atoms with E-state index in [0.717, 1.165) is 36.2 Å². The van der Waals surface area contributed by atoms with Gasteiger partial charge in [0, 0.05) is 12.2 Å². The number of benzene rings is 1. The number of para-hydroxylation sites is 1. The number of anilines is 2. The van der Waals surface area contributed by atoms with Crippen LogP contribution < -0.4 is 10.1 Å². The monoisotopic (exact) mass is 339 g/mol. The molecule has 0 atom stereocenters. The molecule has 0 aliphatic rings. The van der Waals surface area contributed by atoms with E-state index in [1.54, 1.807) is 0 Å². The number of fused-ring (bicyclic) bond motifs is 1. The number of hydrogen-bond donors (Lipinski definition) is 1. The summed E-state index contributed by atoms with van der Waals surface area (Å²) in [5, 5.41) is 3.25. The highest BCUT2D eigenvalue weighted by Crippen LogP contribution is 2.25. The molecule has 1 N–H and O–H groups in total. The molecule has 0 unspecified atom stereocenters. The fraction of sp³-hybridized carbons (Fsp3) is 0.421. The Morgan fingerprint density at radius 1 is 1.16 bits per heavy atom. The lowest BCUT2D eigenvalue weighted by atomic mass is 10.2. The van der Waals surface area contributed by atoms with E-state index in [4.69, 9.17) is 4.74 Å². The summed E-state index contributed by atoms with van der Waals surface area (Å²) in [6.07, 6.45) is 4.03. The Balaban J connectivity index is 1.97. The van der Waals surface area contributed by atoms with Crippen molar-refractivity contribution in [2.45, 2.75) is 40.2 Å². The summed E-state index contributed by atoms with van der Waals surface area (Å²) in [5.41, 5.74) is 2.47. The quantitative estimate of drug-likeness (QED) is 0.659. The van der Waals surface area contributed by atoms with Crippen LogP contribution in [-0.4, -0.2) is 26.1 Å². The fourth-order valence-corrected chi connectivity index (χ4v) is 2.46. The van der Waals surface area contributed by atoms with Crippen LogP contribution in [0.1, 0.15) is 33.6 Å². The maximum Gasteiger partial charge on any atom is 0.247 e. The second-order valence-electron chi connectivity index (χ2n) is 6.51. The first-order valence-corrected chi connectivity index (χ1v) is 8.85. The van der Waals surface area contributed by atoms with Gasteiger partial charge < -0.3 is 14.6 Å². The first-order valence-electron chi connectivity index (χ1n) is 8.85. The van der Waals surface area contributed by atoms with Gasteiger partial charge in [0.1, 0.15) is 0 Å². The molecule has 0 aliphatic carbocycles. The molecule has 0 aliphatic heterocycles. The van der Waals surface area contributed by atoms with Crippen molar-refractivity contribution in [3.63, 3.8) is 0 Å². The molecule has 2 aromatic heterocycles. The van der Waals surface area contributed by atoms with Gasteiger partial charge in [-0.3, -0.25) is 0 Å². The van der Waals surface area contributed by atoms with E-state index < -0.39 is 0 Å². The molecule has 2 heterocycles. The van der Waals surface area contributed by atoms with Crippen molar-refractivity contribution >= 4 is 22.8 Å². The number of aromatic nitrogens is 4. The number of unbranched alkanes of at least 4 members (excludes halogenated alkanes) is 1. The number of ether oxygens (including phenoxy) is 1. The highest BCUT2D eigenvalue weighted by Gasteiger charge is 2.15. The second-order valence-corrected chi connectivity index (χ2v) is 6.51. The molecule has 0 amide bonds. The molecule has 0 bridgehead atoms. The van der Waals surface area contributed by atoms with Crippen molar-refractivity contribution in [2.24, 2.45) is 5.92 Å². The van der Waals surface area contributed by atoms with Crippen LogP contribution >= 0.6 is 0 Å². The van der Waals surface area contributed by atoms with Crippen LogP contribution in [0.25, 0.3) is 11.2 Å². The maximum absolute atomic E-state index is 5.91. The van der Waals surface area contributed by atoms with E-state index >= 15 is 0 Å². The number of nitrogens with zero attached hydrogens (tertiary/aromatic N) is 4. The maximum atomic E-state index is 5.91. The zero-order valence-corrected chi connectivity index (χ0v) is 15.1. The topological polar surface area (TPSA) is 64.9 Å². The lowest BCUT2D eigenvalue weighted by Gasteiger charge is -2.11. The molecule has 0 fully saturated rings. The molecule has 3 aromatic rings. The van der Waals surface area contributed by atoms with Gasteiger partial charge in [0.05, 0.1) is 12.9 Å². The lowest BCUT2D eigenvalue weighted by molar-refractivity contribution is 0.264. The minimum absolute atomic E-state index is 0.415. The fourth-order valence-electron chi connectivity index (χ4n) is 2.46. The summed E-state index contributed by atoms with van der Waals surface area (Å²) in [6, 6.07) is 9.89. The number of hydrogen-bond acceptors (Lipinski definition) is 5. The Hall–Kier alpha value is -2.63. The largest absolute Gasteiger partial charge is 0.476 e. The molecule has 132 valence electrons. The van der Waals surface area contributed by atoms with E-state index in [-0.39, 0.29) is 0 Å². The van der Waals surface area contributed by atoms with Crippen molar-refractivity contribution in [2.75, 3.05) is 11.9 Å². The molecule has 0 spiro atoms. The third-order valence-electron chi connectivity index (χ3n) is 3.77. The average Bonchev–Trinajstić information content (AvgIpc) is 3.01. The van der Waals surface area contributed by atoms with Crippen molar-refractivity contribution in [3.05, 3.63) is 36.7 Å². The van der Waals surface area contributed by atoms with Gasteiger partial charge in [-0.25, -0.2) is 4.98 Å². The Morgan fingerprint density at radius 2 is 1.96 bits per heavy atom. The van der Waals surface area contributed by atoms with Gasteiger partial charge >= 0.3 is 0 Å². The number of aryl methyl sites for hydroxylation is 1. The standard InChI is InChI=1S/C19H25N5O/c1-4-5-11-24-13-20-16-17(24)22-19(21-15-9-7-6-8-10-15)23-18(16)25-12-14(2)3/h6-10,13-14H,4-5,11-12H2,1-3H3,(H,21,22,23). The molecular weight excluding hydrogens is 314 g/mol. The molecular formula is C19H25N5O. The molecule has 0 saturated carbocycles. The van der Waals surface area contributed by atoms with Gasteiger partial charge in [0.15, 0.2) is 11.2 Å². The Morgan fingerprint density at radius 3 is 2.68 bits per heavy atom. The van der Waals surface area contributed by atoms with E-state index in [9.17, 15) is 0 Å². The average molecular weight is 339 g/mol. The Kier molecular flexibility index (Phi) is 5.48. The molecule has 0 radical (unpaired) electrons. The molecule has 25 heavy (non-hydrogen) atoms. The third-order valence-corrected chi connectivity index (χ3v) is 3.77. The zero-order valence-electron chi connectivity index (χ0n) is 15.1. The van der Waals surface area contributed by atoms with Gasteiger partial charge in [-0.05, 0) is 24.5 Å². The van der Waals surface area contributed by atoms with Crippen LogP contribution in [0.5, 0.6) is 5.88 Å². The van der Waals surface area contributed by atoms with E-state index in [0.29, 0.717) is 24.4 Å². The molecule has 3 rings (SSSR count). The highest BCUT2D eigenvalue weighted by atomic mass is 16.5. The minimum Gasteiger partial charge on any atom is -0.476 e. The number of imidazole rings is 1. The summed E-state index contributed by atoms with van der Waals surface area (Å²) in [5.74, 6) is 1.47. The summed E-state index contributed by atoms with van der Waals surface area (Å²) < 4.78 is 7.98. The Bertz CT molecular complexity index is 813. The van der Waals surface area contributed by atoms with Gasteiger partial charge in [-0.1, -0.05) is 45.4 Å². The van der Waals surface area contributed by atoms with Gasteiger partial charge in [-0.2, -0.15) is 9.97 Å². The molecule has 0 saturated heterocycles. The van der Waals surface area contributed by atoms with Crippen molar-refractivity contribution in [1.29, 1.82) is 0 Å². The van der Waals surface area contributed by atoms with Gasteiger partial charge in [0.25, 0.3) is 0 Å². The summed E-state index contributed by atoms with van der Waals surface area (Å²) in [4.78, 5) is 13.7. The lowest BCUT2D eigenvalue weighted by Crippen LogP contribution is -2.08. The summed E-state index contributed by atoms with van der Waals surface area (Å²) in [7, 11) is 0. The molecule has 6 heteroatoms. The van der Waals surface area contributed by atoms with E-state index in [2.05, 4.69) is 45.6 Å². The van der Waals surface area contributed by atoms with Gasteiger partial charge in [0.2, 0.25) is 11.8 Å². The molecule has 6 nitrogen and oxygen atoms in total. The zero-order chi connectivity index (χ0) is 17.6. The third kappa shape index (κ3) is 4.26. The van der Waals surface area contributed by atoms with Crippen LogP contribution in [-0.2, 0) is 6.54 Å². The van der Waals surface area contributed by atoms with E-state index in [1.165, 1.54) is 0 Å². The second kappa shape index (κ2) is 7.96. The van der Waals surface area contributed by atoms with Crippen molar-refractivity contribution in [3.8, 4) is 5.88 Å². The van der Waals surface area contributed by atoms with Gasteiger partial charge in [-0.15, -0.1) is 0 Å². The number of rotatable bonds is 8. The van der Waals surface area contributed by atoms with Crippen molar-refractivity contribution in [1.82, 2.24) is 19.5 Å². The first kappa shape index (κ1) is 17.2. The predicted octanol–water partition coefficient (Wildman–Crippen LogP) is 4.40. The SMILES string of the molecule is CCCCn1cnc2c(OCC(C)C)nc(Nc3ccccc3)nc21.